The van der Waals surface area contributed by atoms with E-state index in [9.17, 15) is 4.79 Å². The van der Waals surface area contributed by atoms with Crippen molar-refractivity contribution in [2.24, 2.45) is 0 Å². The van der Waals surface area contributed by atoms with Crippen molar-refractivity contribution in [3.8, 4) is 0 Å². The predicted octanol–water partition coefficient (Wildman–Crippen LogP) is 4.44. The van der Waals surface area contributed by atoms with Crippen LogP contribution < -0.4 is 5.32 Å². The highest BCUT2D eigenvalue weighted by atomic mass is 32.1. The summed E-state index contributed by atoms with van der Waals surface area (Å²) in [5, 5.41) is 2.89. The summed E-state index contributed by atoms with van der Waals surface area (Å²) in [6, 6.07) is 12.3. The fourth-order valence-corrected chi connectivity index (χ4v) is 4.57. The van der Waals surface area contributed by atoms with Crippen LogP contribution in [0.25, 0.3) is 0 Å². The van der Waals surface area contributed by atoms with Gasteiger partial charge in [-0.15, -0.1) is 11.3 Å². The fourth-order valence-electron chi connectivity index (χ4n) is 3.50. The van der Waals surface area contributed by atoms with Gasteiger partial charge in [0.1, 0.15) is 5.82 Å². The van der Waals surface area contributed by atoms with Crippen LogP contribution in [-0.2, 0) is 6.54 Å². The van der Waals surface area contributed by atoms with Crippen LogP contribution in [0.3, 0.4) is 0 Å². The van der Waals surface area contributed by atoms with E-state index in [0.29, 0.717) is 11.9 Å². The summed E-state index contributed by atoms with van der Waals surface area (Å²) in [6.07, 6.45) is 7.74. The largest absolute Gasteiger partial charge is 0.306 e. The minimum absolute atomic E-state index is 0.0962. The molecular formula is C21H22N4OS. The second-order valence-electron chi connectivity index (χ2n) is 6.86. The molecule has 0 saturated carbocycles. The molecule has 5 nitrogen and oxygen atoms in total. The first-order valence-corrected chi connectivity index (χ1v) is 9.97. The van der Waals surface area contributed by atoms with Crippen LogP contribution in [0.2, 0.25) is 0 Å². The van der Waals surface area contributed by atoms with E-state index in [1.54, 1.807) is 23.7 Å². The number of nitrogens with zero attached hydrogens (tertiary/aromatic N) is 3. The third-order valence-electron chi connectivity index (χ3n) is 4.81. The molecule has 138 valence electrons. The monoisotopic (exact) mass is 378 g/mol. The van der Waals surface area contributed by atoms with Crippen molar-refractivity contribution in [3.63, 3.8) is 0 Å². The van der Waals surface area contributed by atoms with E-state index in [2.05, 4.69) is 32.3 Å². The molecule has 1 saturated heterocycles. The fraction of sp³-hybridized carbons (Fsp3) is 0.286. The first kappa shape index (κ1) is 17.8. The zero-order valence-corrected chi connectivity index (χ0v) is 16.1. The second kappa shape index (κ2) is 7.98. The van der Waals surface area contributed by atoms with Gasteiger partial charge in [-0.25, -0.2) is 4.98 Å². The molecule has 0 bridgehead atoms. The maximum Gasteiger partial charge on any atom is 0.266 e. The van der Waals surface area contributed by atoms with Crippen molar-refractivity contribution in [2.75, 3.05) is 11.9 Å². The van der Waals surface area contributed by atoms with Crippen LogP contribution in [0.4, 0.5) is 5.82 Å². The Kier molecular flexibility index (Phi) is 5.27. The Balaban J connectivity index is 1.45. The smallest absolute Gasteiger partial charge is 0.266 e. The molecule has 1 aliphatic rings. The summed E-state index contributed by atoms with van der Waals surface area (Å²) in [5.41, 5.74) is 2.30. The van der Waals surface area contributed by atoms with Gasteiger partial charge in [0.15, 0.2) is 0 Å². The molecule has 1 amide bonds. The molecule has 6 heteroatoms. The second-order valence-corrected chi connectivity index (χ2v) is 7.98. The quantitative estimate of drug-likeness (QED) is 0.713. The molecule has 1 fully saturated rings. The maximum absolute atomic E-state index is 12.6. The number of hydrogen-bond acceptors (Lipinski definition) is 5. The summed E-state index contributed by atoms with van der Waals surface area (Å²) in [4.78, 5) is 25.4. The van der Waals surface area contributed by atoms with Gasteiger partial charge < -0.3 is 5.32 Å². The maximum atomic E-state index is 12.6. The van der Waals surface area contributed by atoms with Crippen molar-refractivity contribution >= 4 is 23.1 Å². The molecule has 4 heterocycles. The zero-order valence-electron chi connectivity index (χ0n) is 15.3. The van der Waals surface area contributed by atoms with Gasteiger partial charge in [-0.05, 0) is 67.8 Å². The van der Waals surface area contributed by atoms with E-state index >= 15 is 0 Å². The molecule has 27 heavy (non-hydrogen) atoms. The SMILES string of the molecule is Cc1ccnc(NC(=O)c2ccc(C3CCCN3Cc3cccnc3)s2)c1. The number of aromatic nitrogens is 2. The molecule has 1 aliphatic heterocycles. The van der Waals surface area contributed by atoms with Crippen LogP contribution in [0.1, 0.15) is 44.6 Å². The third kappa shape index (κ3) is 4.23. The van der Waals surface area contributed by atoms with Crippen LogP contribution in [0.15, 0.2) is 55.0 Å². The number of amides is 1. The number of hydrogen-bond donors (Lipinski definition) is 1. The van der Waals surface area contributed by atoms with Gasteiger partial charge in [-0.3, -0.25) is 14.7 Å². The van der Waals surface area contributed by atoms with E-state index < -0.39 is 0 Å². The Labute approximate surface area is 163 Å². The Hall–Kier alpha value is -2.57. The number of nitrogens with one attached hydrogen (secondary N) is 1. The highest BCUT2D eigenvalue weighted by Gasteiger charge is 2.27. The van der Waals surface area contributed by atoms with Gasteiger partial charge in [0.25, 0.3) is 5.91 Å². The molecule has 4 rings (SSSR count). The van der Waals surface area contributed by atoms with Crippen molar-refractivity contribution in [3.05, 3.63) is 75.9 Å². The van der Waals surface area contributed by atoms with Gasteiger partial charge >= 0.3 is 0 Å². The molecule has 0 aromatic carbocycles. The average molecular weight is 379 g/mol. The summed E-state index contributed by atoms with van der Waals surface area (Å²) >= 11 is 1.58. The molecule has 0 spiro atoms. The number of rotatable bonds is 5. The minimum Gasteiger partial charge on any atom is -0.306 e. The van der Waals surface area contributed by atoms with Gasteiger partial charge in [-0.2, -0.15) is 0 Å². The number of aryl methyl sites for hydroxylation is 1. The lowest BCUT2D eigenvalue weighted by Gasteiger charge is -2.23. The standard InChI is InChI=1S/C21H22N4OS/c1-15-8-10-23-20(12-15)24-21(26)19-7-6-18(27-19)17-5-3-11-25(17)14-16-4-2-9-22-13-16/h2,4,6-10,12-13,17H,3,5,11,14H2,1H3,(H,23,24,26). The minimum atomic E-state index is -0.0962. The number of carbonyl (C=O) groups excluding carboxylic acids is 1. The summed E-state index contributed by atoms with van der Waals surface area (Å²) in [6.45, 7) is 3.95. The number of likely N-dealkylation sites (tertiary alicyclic amines) is 1. The predicted molar refractivity (Wildman–Crippen MR) is 108 cm³/mol. The van der Waals surface area contributed by atoms with Gasteiger partial charge in [-0.1, -0.05) is 6.07 Å². The van der Waals surface area contributed by atoms with E-state index in [1.165, 1.54) is 16.9 Å². The van der Waals surface area contributed by atoms with Crippen LogP contribution in [0, 0.1) is 6.92 Å². The Bertz CT molecular complexity index is 925. The van der Waals surface area contributed by atoms with Gasteiger partial charge in [0, 0.05) is 36.1 Å². The van der Waals surface area contributed by atoms with Crippen LogP contribution >= 0.6 is 11.3 Å². The first-order valence-electron chi connectivity index (χ1n) is 9.16. The molecule has 1 atom stereocenters. The molecule has 1 unspecified atom stereocenters. The molecule has 0 aliphatic carbocycles. The topological polar surface area (TPSA) is 58.1 Å². The molecule has 3 aromatic heterocycles. The van der Waals surface area contributed by atoms with Crippen molar-refractivity contribution in [1.82, 2.24) is 14.9 Å². The number of carbonyl (C=O) groups is 1. The third-order valence-corrected chi connectivity index (χ3v) is 5.99. The lowest BCUT2D eigenvalue weighted by atomic mass is 10.1. The molecular weight excluding hydrogens is 356 g/mol. The lowest BCUT2D eigenvalue weighted by molar-refractivity contribution is 0.103. The molecule has 1 N–H and O–H groups in total. The Morgan fingerprint density at radius 2 is 2.22 bits per heavy atom. The summed E-state index contributed by atoms with van der Waals surface area (Å²) in [5.74, 6) is 0.496. The Morgan fingerprint density at radius 3 is 3.04 bits per heavy atom. The average Bonchev–Trinajstić information content (AvgIpc) is 3.32. The summed E-state index contributed by atoms with van der Waals surface area (Å²) < 4.78 is 0. The van der Waals surface area contributed by atoms with Gasteiger partial charge in [0.2, 0.25) is 0 Å². The zero-order chi connectivity index (χ0) is 18.6. The number of pyridine rings is 2. The van der Waals surface area contributed by atoms with E-state index in [1.807, 2.05) is 37.4 Å². The highest BCUT2D eigenvalue weighted by molar-refractivity contribution is 7.14. The molecule has 0 radical (unpaired) electrons. The van der Waals surface area contributed by atoms with Crippen molar-refractivity contribution in [1.29, 1.82) is 0 Å². The van der Waals surface area contributed by atoms with Crippen molar-refractivity contribution < 1.29 is 4.79 Å². The Morgan fingerprint density at radius 1 is 1.30 bits per heavy atom. The molecule has 3 aromatic rings. The summed E-state index contributed by atoms with van der Waals surface area (Å²) in [7, 11) is 0. The number of thiophene rings is 1. The van der Waals surface area contributed by atoms with E-state index in [-0.39, 0.29) is 5.91 Å². The van der Waals surface area contributed by atoms with Gasteiger partial charge in [0.05, 0.1) is 4.88 Å². The number of anilines is 1. The van der Waals surface area contributed by atoms with Crippen molar-refractivity contribution in [2.45, 2.75) is 32.4 Å². The van der Waals surface area contributed by atoms with E-state index in [0.717, 1.165) is 30.0 Å². The van der Waals surface area contributed by atoms with Crippen LogP contribution in [-0.4, -0.2) is 27.3 Å². The normalized spacial score (nSPS) is 17.1. The lowest BCUT2D eigenvalue weighted by Crippen LogP contribution is -2.22. The van der Waals surface area contributed by atoms with Crippen LogP contribution in [0.5, 0.6) is 0 Å². The first-order chi connectivity index (χ1) is 13.2. The highest BCUT2D eigenvalue weighted by Crippen LogP contribution is 2.36. The van der Waals surface area contributed by atoms with E-state index in [4.69, 9.17) is 0 Å².